The van der Waals surface area contributed by atoms with Gasteiger partial charge in [-0.25, -0.2) is 4.99 Å². The topological polar surface area (TPSA) is 66.0 Å². The second kappa shape index (κ2) is 9.60. The van der Waals surface area contributed by atoms with Gasteiger partial charge in [0.05, 0.1) is 6.10 Å². The summed E-state index contributed by atoms with van der Waals surface area (Å²) >= 11 is 0. The summed E-state index contributed by atoms with van der Waals surface area (Å²) < 4.78 is 5.90. The van der Waals surface area contributed by atoms with Crippen LogP contribution >= 0.6 is 0 Å². The first kappa shape index (κ1) is 22.1. The van der Waals surface area contributed by atoms with E-state index in [0.717, 1.165) is 57.9 Å². The summed E-state index contributed by atoms with van der Waals surface area (Å²) in [5.74, 6) is 2.08. The molecule has 3 atom stereocenters. The van der Waals surface area contributed by atoms with Crippen LogP contribution in [0, 0.1) is 17.3 Å². The van der Waals surface area contributed by atoms with Crippen LogP contribution in [0.15, 0.2) is 35.3 Å². The Morgan fingerprint density at radius 3 is 2.65 bits per heavy atom. The summed E-state index contributed by atoms with van der Waals surface area (Å²) in [6.07, 6.45) is 4.69. The van der Waals surface area contributed by atoms with Crippen LogP contribution in [0.25, 0.3) is 0 Å². The normalized spacial score (nSPS) is 28.0. The van der Waals surface area contributed by atoms with Crippen LogP contribution in [0.5, 0.6) is 0 Å². The molecule has 3 fully saturated rings. The van der Waals surface area contributed by atoms with Crippen LogP contribution < -0.4 is 10.6 Å². The van der Waals surface area contributed by atoms with Gasteiger partial charge in [0, 0.05) is 43.6 Å². The average molecular weight is 427 g/mol. The molecule has 4 rings (SSSR count). The summed E-state index contributed by atoms with van der Waals surface area (Å²) in [6, 6.07) is 11.0. The molecule has 6 heteroatoms. The van der Waals surface area contributed by atoms with Gasteiger partial charge in [-0.3, -0.25) is 4.79 Å². The Balaban J connectivity index is 1.27. The number of ether oxygens (including phenoxy) is 1. The highest BCUT2D eigenvalue weighted by Gasteiger charge is 2.59. The number of nitrogens with zero attached hydrogens (tertiary/aromatic N) is 2. The summed E-state index contributed by atoms with van der Waals surface area (Å²) in [4.78, 5) is 19.4. The van der Waals surface area contributed by atoms with Crippen molar-refractivity contribution < 1.29 is 9.53 Å². The minimum Gasteiger partial charge on any atom is -0.377 e. The van der Waals surface area contributed by atoms with Crippen LogP contribution in [-0.2, 0) is 16.0 Å². The number of aliphatic imine (C=N–C) groups is 1. The second-order valence-electron chi connectivity index (χ2n) is 9.90. The SMILES string of the molecule is CCNC(=NCC(=O)N1CCC(Cc2ccccc2)CC1)NC1C2CCOC2C1(C)C. The van der Waals surface area contributed by atoms with Crippen molar-refractivity contribution in [3.05, 3.63) is 35.9 Å². The standard InChI is InChI=1S/C25H38N4O2/c1-4-26-24(28-22-20-12-15-31-23(20)25(22,2)3)27-17-21(30)29-13-10-19(11-14-29)16-18-8-6-5-7-9-18/h5-9,19-20,22-23H,4,10-17H2,1-3H3,(H2,26,27,28). The maximum Gasteiger partial charge on any atom is 0.244 e. The molecule has 0 spiro atoms. The molecular weight excluding hydrogens is 388 g/mol. The van der Waals surface area contributed by atoms with E-state index in [1.165, 1.54) is 5.56 Å². The number of likely N-dealkylation sites (tertiary alicyclic amines) is 1. The van der Waals surface area contributed by atoms with Gasteiger partial charge in [0.1, 0.15) is 6.54 Å². The number of piperidine rings is 1. The van der Waals surface area contributed by atoms with E-state index < -0.39 is 0 Å². The molecule has 2 heterocycles. The Labute approximate surface area is 186 Å². The highest BCUT2D eigenvalue weighted by Crippen LogP contribution is 2.52. The molecule has 0 aromatic heterocycles. The molecule has 170 valence electrons. The molecule has 3 unspecified atom stereocenters. The molecular formula is C25H38N4O2. The van der Waals surface area contributed by atoms with Crippen molar-refractivity contribution in [2.45, 2.75) is 58.6 Å². The molecule has 31 heavy (non-hydrogen) atoms. The average Bonchev–Trinajstić information content (AvgIpc) is 3.24. The number of fused-ring (bicyclic) bond motifs is 1. The lowest BCUT2D eigenvalue weighted by atomic mass is 9.57. The Bertz CT molecular complexity index is 771. The zero-order chi connectivity index (χ0) is 21.8. The second-order valence-corrected chi connectivity index (χ2v) is 9.90. The number of rotatable bonds is 6. The number of carbonyl (C=O) groups is 1. The van der Waals surface area contributed by atoms with Gasteiger partial charge < -0.3 is 20.3 Å². The molecule has 1 amide bonds. The van der Waals surface area contributed by atoms with E-state index in [0.29, 0.717) is 24.0 Å². The molecule has 1 aromatic rings. The van der Waals surface area contributed by atoms with Gasteiger partial charge in [0.15, 0.2) is 5.96 Å². The van der Waals surface area contributed by atoms with E-state index in [-0.39, 0.29) is 17.9 Å². The van der Waals surface area contributed by atoms with Crippen LogP contribution in [-0.4, -0.2) is 61.7 Å². The first-order chi connectivity index (χ1) is 15.0. The van der Waals surface area contributed by atoms with Crippen molar-refractivity contribution in [2.75, 3.05) is 32.8 Å². The Morgan fingerprint density at radius 2 is 1.94 bits per heavy atom. The minimum absolute atomic E-state index is 0.0853. The Kier molecular flexibility index (Phi) is 6.85. The van der Waals surface area contributed by atoms with Crippen molar-refractivity contribution in [1.29, 1.82) is 0 Å². The van der Waals surface area contributed by atoms with Gasteiger partial charge >= 0.3 is 0 Å². The monoisotopic (exact) mass is 426 g/mol. The predicted octanol–water partition coefficient (Wildman–Crippen LogP) is 2.84. The quantitative estimate of drug-likeness (QED) is 0.542. The lowest BCUT2D eigenvalue weighted by Gasteiger charge is -2.54. The van der Waals surface area contributed by atoms with E-state index in [9.17, 15) is 4.79 Å². The van der Waals surface area contributed by atoms with Gasteiger partial charge in [0.25, 0.3) is 0 Å². The summed E-state index contributed by atoms with van der Waals surface area (Å²) in [5.41, 5.74) is 1.48. The summed E-state index contributed by atoms with van der Waals surface area (Å²) in [5, 5.41) is 6.92. The zero-order valence-electron chi connectivity index (χ0n) is 19.3. The van der Waals surface area contributed by atoms with Gasteiger partial charge in [-0.05, 0) is 44.1 Å². The van der Waals surface area contributed by atoms with E-state index in [4.69, 9.17) is 4.74 Å². The fraction of sp³-hybridized carbons (Fsp3) is 0.680. The van der Waals surface area contributed by atoms with E-state index in [1.807, 2.05) is 4.90 Å². The predicted molar refractivity (Wildman–Crippen MR) is 124 cm³/mol. The fourth-order valence-corrected chi connectivity index (χ4v) is 5.67. The largest absolute Gasteiger partial charge is 0.377 e. The summed E-state index contributed by atoms with van der Waals surface area (Å²) in [6.45, 7) is 10.1. The molecule has 1 aromatic carbocycles. The molecule has 1 aliphatic carbocycles. The maximum absolute atomic E-state index is 12.8. The number of nitrogens with one attached hydrogen (secondary N) is 2. The number of carbonyl (C=O) groups excluding carboxylic acids is 1. The van der Waals surface area contributed by atoms with Gasteiger partial charge in [-0.15, -0.1) is 0 Å². The Hall–Kier alpha value is -2.08. The van der Waals surface area contributed by atoms with Crippen LogP contribution in [0.3, 0.4) is 0 Å². The molecule has 2 aliphatic heterocycles. The maximum atomic E-state index is 12.8. The van der Waals surface area contributed by atoms with Crippen molar-refractivity contribution >= 4 is 11.9 Å². The molecule has 0 bridgehead atoms. The highest BCUT2D eigenvalue weighted by atomic mass is 16.5. The minimum atomic E-state index is 0.0853. The number of hydrogen-bond donors (Lipinski definition) is 2. The molecule has 2 saturated heterocycles. The number of guanidine groups is 1. The molecule has 6 nitrogen and oxygen atoms in total. The van der Waals surface area contributed by atoms with E-state index in [1.54, 1.807) is 0 Å². The third kappa shape index (κ3) is 4.89. The molecule has 3 aliphatic rings. The van der Waals surface area contributed by atoms with Gasteiger partial charge in [-0.2, -0.15) is 0 Å². The smallest absolute Gasteiger partial charge is 0.244 e. The Morgan fingerprint density at radius 1 is 1.19 bits per heavy atom. The van der Waals surface area contributed by atoms with Crippen LogP contribution in [0.4, 0.5) is 0 Å². The zero-order valence-corrected chi connectivity index (χ0v) is 19.3. The number of hydrogen-bond acceptors (Lipinski definition) is 3. The lowest BCUT2D eigenvalue weighted by molar-refractivity contribution is -0.131. The first-order valence-corrected chi connectivity index (χ1v) is 12.0. The van der Waals surface area contributed by atoms with Crippen LogP contribution in [0.1, 0.15) is 45.6 Å². The van der Waals surface area contributed by atoms with Crippen molar-refractivity contribution in [3.8, 4) is 0 Å². The van der Waals surface area contributed by atoms with E-state index >= 15 is 0 Å². The van der Waals surface area contributed by atoms with Crippen molar-refractivity contribution in [1.82, 2.24) is 15.5 Å². The van der Waals surface area contributed by atoms with Gasteiger partial charge in [0.2, 0.25) is 5.91 Å². The van der Waals surface area contributed by atoms with E-state index in [2.05, 4.69) is 66.7 Å². The molecule has 2 N–H and O–H groups in total. The highest BCUT2D eigenvalue weighted by molar-refractivity contribution is 5.85. The van der Waals surface area contributed by atoms with Crippen LogP contribution in [0.2, 0.25) is 0 Å². The fourth-order valence-electron chi connectivity index (χ4n) is 5.67. The molecule has 0 radical (unpaired) electrons. The van der Waals surface area contributed by atoms with Gasteiger partial charge in [-0.1, -0.05) is 44.2 Å². The van der Waals surface area contributed by atoms with Crippen molar-refractivity contribution in [3.63, 3.8) is 0 Å². The number of benzene rings is 1. The lowest BCUT2D eigenvalue weighted by Crippen LogP contribution is -2.68. The third-order valence-electron chi connectivity index (χ3n) is 7.44. The number of amides is 1. The van der Waals surface area contributed by atoms with Crippen molar-refractivity contribution in [2.24, 2.45) is 22.2 Å². The summed E-state index contributed by atoms with van der Waals surface area (Å²) in [7, 11) is 0. The third-order valence-corrected chi connectivity index (χ3v) is 7.44. The first-order valence-electron chi connectivity index (χ1n) is 12.0. The molecule has 1 saturated carbocycles.